The molecule has 1 rings (SSSR count). The summed E-state index contributed by atoms with van der Waals surface area (Å²) >= 11 is 0. The molecular weight excluding hydrogens is 160 g/mol. The van der Waals surface area contributed by atoms with Crippen LogP contribution in [0.2, 0.25) is 0 Å². The van der Waals surface area contributed by atoms with Crippen LogP contribution in [-0.4, -0.2) is 4.98 Å². The molecule has 13 heavy (non-hydrogen) atoms. The highest BCUT2D eigenvalue weighted by atomic mass is 14.7. The average Bonchev–Trinajstić information content (AvgIpc) is 2.20. The highest BCUT2D eigenvalue weighted by Gasteiger charge is 2.08. The van der Waals surface area contributed by atoms with E-state index in [0.717, 1.165) is 18.5 Å². The quantitative estimate of drug-likeness (QED) is 0.706. The molecule has 1 heterocycles. The number of hydrogen-bond acceptors (Lipinski definition) is 2. The zero-order chi connectivity index (χ0) is 9.68. The van der Waals surface area contributed by atoms with Crippen LogP contribution in [0.5, 0.6) is 0 Å². The Morgan fingerprint density at radius 3 is 2.62 bits per heavy atom. The number of rotatable bonds is 3. The topological polar surface area (TPSA) is 36.7 Å². The fraction of sp³-hybridized carbons (Fsp3) is 0.455. The molecule has 0 saturated heterocycles. The first-order valence-corrected chi connectivity index (χ1v) is 4.68. The standard InChI is InChI=1S/C11H14N2/c1-3-9(4-2)11-7-5-6-10(8-12)13-11/h5-7,9H,3-4H2,1-2H3. The molecule has 0 unspecified atom stereocenters. The van der Waals surface area contributed by atoms with Gasteiger partial charge in [0.25, 0.3) is 0 Å². The van der Waals surface area contributed by atoms with E-state index in [4.69, 9.17) is 5.26 Å². The molecule has 0 amide bonds. The number of nitrogens with zero attached hydrogens (tertiary/aromatic N) is 2. The van der Waals surface area contributed by atoms with E-state index in [1.54, 1.807) is 6.07 Å². The Bertz CT molecular complexity index is 308. The summed E-state index contributed by atoms with van der Waals surface area (Å²) in [7, 11) is 0. The predicted octanol–water partition coefficient (Wildman–Crippen LogP) is 2.86. The fourth-order valence-electron chi connectivity index (χ4n) is 1.45. The first-order valence-electron chi connectivity index (χ1n) is 4.68. The van der Waals surface area contributed by atoms with E-state index in [1.807, 2.05) is 12.1 Å². The van der Waals surface area contributed by atoms with Gasteiger partial charge < -0.3 is 0 Å². The minimum atomic E-state index is 0.494. The van der Waals surface area contributed by atoms with Crippen molar-refractivity contribution in [2.75, 3.05) is 0 Å². The lowest BCUT2D eigenvalue weighted by atomic mass is 9.99. The summed E-state index contributed by atoms with van der Waals surface area (Å²) in [5, 5.41) is 8.68. The molecule has 0 atom stereocenters. The van der Waals surface area contributed by atoms with E-state index < -0.39 is 0 Å². The van der Waals surface area contributed by atoms with Crippen molar-refractivity contribution in [3.8, 4) is 6.07 Å². The highest BCUT2D eigenvalue weighted by Crippen LogP contribution is 2.20. The van der Waals surface area contributed by atoms with E-state index in [0.29, 0.717) is 11.6 Å². The molecule has 1 aromatic rings. The Kier molecular flexibility index (Phi) is 3.45. The van der Waals surface area contributed by atoms with Crippen LogP contribution < -0.4 is 0 Å². The van der Waals surface area contributed by atoms with Crippen LogP contribution >= 0.6 is 0 Å². The predicted molar refractivity (Wildman–Crippen MR) is 52.3 cm³/mol. The summed E-state index contributed by atoms with van der Waals surface area (Å²) in [5.74, 6) is 0.494. The van der Waals surface area contributed by atoms with Crippen LogP contribution in [0.4, 0.5) is 0 Å². The Labute approximate surface area is 79.2 Å². The van der Waals surface area contributed by atoms with Crippen molar-refractivity contribution in [2.45, 2.75) is 32.6 Å². The van der Waals surface area contributed by atoms with E-state index in [-0.39, 0.29) is 0 Å². The van der Waals surface area contributed by atoms with Gasteiger partial charge in [0, 0.05) is 11.6 Å². The van der Waals surface area contributed by atoms with Crippen LogP contribution in [0.1, 0.15) is 44.0 Å². The summed E-state index contributed by atoms with van der Waals surface area (Å²) < 4.78 is 0. The van der Waals surface area contributed by atoms with Crippen molar-refractivity contribution in [2.24, 2.45) is 0 Å². The molecule has 0 bridgehead atoms. The van der Waals surface area contributed by atoms with Crippen LogP contribution in [0.25, 0.3) is 0 Å². The molecule has 1 aromatic heterocycles. The molecule has 0 radical (unpaired) electrons. The summed E-state index contributed by atoms with van der Waals surface area (Å²) in [4.78, 5) is 4.27. The van der Waals surface area contributed by atoms with Gasteiger partial charge in [-0.25, -0.2) is 4.98 Å². The van der Waals surface area contributed by atoms with Crippen molar-refractivity contribution in [1.82, 2.24) is 4.98 Å². The minimum Gasteiger partial charge on any atom is -0.242 e. The molecule has 0 saturated carbocycles. The molecule has 2 heteroatoms. The van der Waals surface area contributed by atoms with E-state index >= 15 is 0 Å². The monoisotopic (exact) mass is 174 g/mol. The van der Waals surface area contributed by atoms with Crippen molar-refractivity contribution in [3.63, 3.8) is 0 Å². The van der Waals surface area contributed by atoms with E-state index in [9.17, 15) is 0 Å². The van der Waals surface area contributed by atoms with Gasteiger partial charge in [-0.05, 0) is 25.0 Å². The van der Waals surface area contributed by atoms with Gasteiger partial charge in [0.2, 0.25) is 0 Å². The lowest BCUT2D eigenvalue weighted by Gasteiger charge is -2.10. The van der Waals surface area contributed by atoms with Crippen molar-refractivity contribution >= 4 is 0 Å². The Morgan fingerprint density at radius 2 is 2.08 bits per heavy atom. The van der Waals surface area contributed by atoms with E-state index in [1.165, 1.54) is 0 Å². The van der Waals surface area contributed by atoms with Gasteiger partial charge in [-0.3, -0.25) is 0 Å². The summed E-state index contributed by atoms with van der Waals surface area (Å²) in [6, 6.07) is 7.70. The SMILES string of the molecule is CCC(CC)c1cccc(C#N)n1. The van der Waals surface area contributed by atoms with Gasteiger partial charge in [0.1, 0.15) is 11.8 Å². The minimum absolute atomic E-state index is 0.494. The molecule has 0 spiro atoms. The largest absolute Gasteiger partial charge is 0.242 e. The van der Waals surface area contributed by atoms with Gasteiger partial charge in [-0.15, -0.1) is 0 Å². The summed E-state index contributed by atoms with van der Waals surface area (Å²) in [5.41, 5.74) is 1.56. The number of aromatic nitrogens is 1. The maximum absolute atomic E-state index is 8.68. The second-order valence-corrected chi connectivity index (χ2v) is 3.07. The first-order chi connectivity index (χ1) is 6.31. The molecular formula is C11H14N2. The van der Waals surface area contributed by atoms with Crippen LogP contribution in [0.15, 0.2) is 18.2 Å². The van der Waals surface area contributed by atoms with Gasteiger partial charge in [-0.1, -0.05) is 19.9 Å². The van der Waals surface area contributed by atoms with Gasteiger partial charge in [0.15, 0.2) is 0 Å². The lowest BCUT2D eigenvalue weighted by molar-refractivity contribution is 0.622. The van der Waals surface area contributed by atoms with Crippen LogP contribution in [0, 0.1) is 11.3 Å². The fourth-order valence-corrected chi connectivity index (χ4v) is 1.45. The normalized spacial score (nSPS) is 10.0. The molecule has 2 nitrogen and oxygen atoms in total. The second kappa shape index (κ2) is 4.61. The van der Waals surface area contributed by atoms with Gasteiger partial charge >= 0.3 is 0 Å². The molecule has 0 N–H and O–H groups in total. The number of nitriles is 1. The maximum atomic E-state index is 8.68. The summed E-state index contributed by atoms with van der Waals surface area (Å²) in [6.45, 7) is 4.30. The first kappa shape index (κ1) is 9.73. The highest BCUT2D eigenvalue weighted by molar-refractivity contribution is 5.23. The maximum Gasteiger partial charge on any atom is 0.140 e. The Balaban J connectivity index is 2.94. The molecule has 68 valence electrons. The van der Waals surface area contributed by atoms with E-state index in [2.05, 4.69) is 24.9 Å². The van der Waals surface area contributed by atoms with Gasteiger partial charge in [0.05, 0.1) is 0 Å². The molecule has 0 aromatic carbocycles. The van der Waals surface area contributed by atoms with Crippen molar-refractivity contribution in [3.05, 3.63) is 29.6 Å². The third kappa shape index (κ3) is 2.29. The summed E-state index contributed by atoms with van der Waals surface area (Å²) in [6.07, 6.45) is 2.16. The number of hydrogen-bond donors (Lipinski definition) is 0. The lowest BCUT2D eigenvalue weighted by Crippen LogP contribution is -1.99. The Hall–Kier alpha value is -1.36. The smallest absolute Gasteiger partial charge is 0.140 e. The molecule has 0 aliphatic rings. The van der Waals surface area contributed by atoms with Gasteiger partial charge in [-0.2, -0.15) is 5.26 Å². The third-order valence-electron chi connectivity index (χ3n) is 2.29. The Morgan fingerprint density at radius 1 is 1.38 bits per heavy atom. The third-order valence-corrected chi connectivity index (χ3v) is 2.29. The zero-order valence-corrected chi connectivity index (χ0v) is 8.12. The second-order valence-electron chi connectivity index (χ2n) is 3.07. The number of pyridine rings is 1. The van der Waals surface area contributed by atoms with Crippen molar-refractivity contribution < 1.29 is 0 Å². The average molecular weight is 174 g/mol. The molecule has 0 aliphatic carbocycles. The zero-order valence-electron chi connectivity index (χ0n) is 8.12. The van der Waals surface area contributed by atoms with Crippen LogP contribution in [-0.2, 0) is 0 Å². The van der Waals surface area contributed by atoms with Crippen LogP contribution in [0.3, 0.4) is 0 Å². The molecule has 0 aliphatic heterocycles. The van der Waals surface area contributed by atoms with Crippen molar-refractivity contribution in [1.29, 1.82) is 5.26 Å². The molecule has 0 fully saturated rings.